The lowest BCUT2D eigenvalue weighted by Gasteiger charge is -2.42. The van der Waals surface area contributed by atoms with Crippen molar-refractivity contribution >= 4 is 28.9 Å². The molecule has 2 aromatic heterocycles. The van der Waals surface area contributed by atoms with Gasteiger partial charge in [0.05, 0.1) is 0 Å². The molecule has 42 heavy (non-hydrogen) atoms. The summed E-state index contributed by atoms with van der Waals surface area (Å²) in [5.74, 6) is 0.479. The van der Waals surface area contributed by atoms with Gasteiger partial charge in [-0.3, -0.25) is 9.69 Å². The zero-order valence-electron chi connectivity index (χ0n) is 24.2. The van der Waals surface area contributed by atoms with Crippen molar-refractivity contribution in [2.24, 2.45) is 5.73 Å². The molecule has 0 aliphatic carbocycles. The zero-order chi connectivity index (χ0) is 28.9. The number of likely N-dealkylation sites (N-methyl/N-ethyl adjacent to an activating group) is 1. The number of nitrogens with one attached hydrogen (secondary N) is 2. The number of piperazine rings is 1. The standard InChI is InChI=1S/C30H40N10O2/c1-38-15-17-40(18-16-38)24-7-13-39(14-8-24)23-5-3-21(4-6-23)34-29-25(27(31)41)36-26(28-32-11-2-12-33-28)30(37-29)35-22-9-19-42-20-10-22/h2-6,11-12,22,24H,7-10,13-20H2,1H3,(H2,31,41)(H2,34,35,37). The van der Waals surface area contributed by atoms with Gasteiger partial charge in [0.15, 0.2) is 28.8 Å². The number of primary amides is 1. The van der Waals surface area contributed by atoms with Crippen molar-refractivity contribution in [3.63, 3.8) is 0 Å². The van der Waals surface area contributed by atoms with Crippen molar-refractivity contribution in [2.45, 2.75) is 37.8 Å². The van der Waals surface area contributed by atoms with E-state index in [0.717, 1.165) is 44.7 Å². The molecule has 1 amide bonds. The molecule has 3 aliphatic rings. The van der Waals surface area contributed by atoms with Gasteiger partial charge in [-0.15, -0.1) is 0 Å². The minimum atomic E-state index is -0.681. The van der Waals surface area contributed by atoms with E-state index in [1.165, 1.54) is 31.6 Å². The summed E-state index contributed by atoms with van der Waals surface area (Å²) in [7, 11) is 2.21. The van der Waals surface area contributed by atoms with Gasteiger partial charge in [0.2, 0.25) is 0 Å². The van der Waals surface area contributed by atoms with Crippen molar-refractivity contribution in [3.8, 4) is 11.5 Å². The average molecular weight is 573 g/mol. The minimum Gasteiger partial charge on any atom is -0.381 e. The van der Waals surface area contributed by atoms with Gasteiger partial charge in [-0.2, -0.15) is 0 Å². The quantitative estimate of drug-likeness (QED) is 0.367. The Morgan fingerprint density at radius 2 is 1.60 bits per heavy atom. The maximum Gasteiger partial charge on any atom is 0.271 e. The molecule has 6 rings (SSSR count). The molecule has 3 fully saturated rings. The summed E-state index contributed by atoms with van der Waals surface area (Å²) in [6.07, 6.45) is 7.31. The highest BCUT2D eigenvalue weighted by Crippen LogP contribution is 2.30. The van der Waals surface area contributed by atoms with Crippen molar-refractivity contribution in [1.29, 1.82) is 0 Å². The molecule has 0 spiro atoms. The van der Waals surface area contributed by atoms with Crippen LogP contribution >= 0.6 is 0 Å². The number of hydrogen-bond acceptors (Lipinski definition) is 11. The van der Waals surface area contributed by atoms with Crippen molar-refractivity contribution < 1.29 is 9.53 Å². The number of piperidine rings is 1. The largest absolute Gasteiger partial charge is 0.381 e. The fraction of sp³-hybridized carbons (Fsp3) is 0.500. The molecule has 12 heteroatoms. The van der Waals surface area contributed by atoms with Crippen LogP contribution in [0.1, 0.15) is 36.2 Å². The van der Waals surface area contributed by atoms with Crippen LogP contribution in [0.5, 0.6) is 0 Å². The second-order valence-corrected chi connectivity index (χ2v) is 11.3. The lowest BCUT2D eigenvalue weighted by molar-refractivity contribution is 0.0904. The third kappa shape index (κ3) is 6.61. The first-order valence-corrected chi connectivity index (χ1v) is 14.9. The Morgan fingerprint density at radius 1 is 0.905 bits per heavy atom. The molecule has 3 saturated heterocycles. The maximum atomic E-state index is 12.5. The van der Waals surface area contributed by atoms with Crippen molar-refractivity contribution in [3.05, 3.63) is 48.4 Å². The van der Waals surface area contributed by atoms with E-state index in [2.05, 4.69) is 59.5 Å². The molecule has 0 radical (unpaired) electrons. The number of benzene rings is 1. The predicted molar refractivity (Wildman–Crippen MR) is 163 cm³/mol. The number of aromatic nitrogens is 4. The third-order valence-corrected chi connectivity index (χ3v) is 8.48. The van der Waals surface area contributed by atoms with Crippen LogP contribution in [-0.2, 0) is 4.74 Å². The molecule has 0 bridgehead atoms. The maximum absolute atomic E-state index is 12.5. The highest BCUT2D eigenvalue weighted by molar-refractivity contribution is 5.97. The second-order valence-electron chi connectivity index (χ2n) is 11.3. The molecule has 0 atom stereocenters. The average Bonchev–Trinajstić information content (AvgIpc) is 3.03. The van der Waals surface area contributed by atoms with E-state index in [9.17, 15) is 4.79 Å². The Morgan fingerprint density at radius 3 is 2.26 bits per heavy atom. The van der Waals surface area contributed by atoms with E-state index in [-0.39, 0.29) is 17.6 Å². The molecule has 0 unspecified atom stereocenters. The first-order valence-electron chi connectivity index (χ1n) is 14.9. The van der Waals surface area contributed by atoms with E-state index in [1.807, 2.05) is 12.1 Å². The highest BCUT2D eigenvalue weighted by Gasteiger charge is 2.27. The molecular formula is C30H40N10O2. The smallest absolute Gasteiger partial charge is 0.271 e. The molecule has 1 aromatic carbocycles. The molecule has 0 saturated carbocycles. The SMILES string of the molecule is CN1CCN(C2CCN(c3ccc(Nc4nc(NC5CCOCC5)c(-c5ncccn5)nc4C(N)=O)cc3)CC2)CC1. The van der Waals surface area contributed by atoms with Gasteiger partial charge in [0.25, 0.3) is 5.91 Å². The summed E-state index contributed by atoms with van der Waals surface area (Å²) in [5, 5.41) is 6.77. The van der Waals surface area contributed by atoms with Gasteiger partial charge in [-0.05, 0) is 63.1 Å². The number of carbonyl (C=O) groups is 1. The van der Waals surface area contributed by atoms with Crippen molar-refractivity contribution in [2.75, 3.05) is 75.1 Å². The predicted octanol–water partition coefficient (Wildman–Crippen LogP) is 2.58. The van der Waals surface area contributed by atoms with Gasteiger partial charge in [-0.1, -0.05) is 0 Å². The van der Waals surface area contributed by atoms with Gasteiger partial charge in [0, 0.05) is 88.3 Å². The van der Waals surface area contributed by atoms with Crippen LogP contribution in [0.25, 0.3) is 11.5 Å². The second kappa shape index (κ2) is 13.0. The Labute approximate surface area is 246 Å². The number of anilines is 4. The normalized spacial score (nSPS) is 19.5. The first-order chi connectivity index (χ1) is 20.5. The molecule has 12 nitrogen and oxygen atoms in total. The summed E-state index contributed by atoms with van der Waals surface area (Å²) in [4.78, 5) is 38.1. The summed E-state index contributed by atoms with van der Waals surface area (Å²) in [6, 6.07) is 10.8. The first kappa shape index (κ1) is 28.3. The monoisotopic (exact) mass is 572 g/mol. The summed E-state index contributed by atoms with van der Waals surface area (Å²) >= 11 is 0. The van der Waals surface area contributed by atoms with Gasteiger partial charge in [0.1, 0.15) is 0 Å². The number of hydrogen-bond donors (Lipinski definition) is 3. The number of rotatable bonds is 8. The number of nitrogens with zero attached hydrogens (tertiary/aromatic N) is 7. The Balaban J connectivity index is 1.18. The fourth-order valence-corrected chi connectivity index (χ4v) is 5.98. The Bertz CT molecular complexity index is 1330. The fourth-order valence-electron chi connectivity index (χ4n) is 5.98. The molecule has 3 aliphatic heterocycles. The molecular weight excluding hydrogens is 532 g/mol. The van der Waals surface area contributed by atoms with Crippen LogP contribution in [0.4, 0.5) is 23.0 Å². The molecule has 222 valence electrons. The minimum absolute atomic E-state index is 0.0324. The van der Waals surface area contributed by atoms with Crippen LogP contribution in [0, 0.1) is 0 Å². The number of carbonyl (C=O) groups excluding carboxylic acids is 1. The van der Waals surface area contributed by atoms with Gasteiger partial charge >= 0.3 is 0 Å². The van der Waals surface area contributed by atoms with Crippen LogP contribution in [0.3, 0.4) is 0 Å². The highest BCUT2D eigenvalue weighted by atomic mass is 16.5. The number of nitrogens with two attached hydrogens (primary N) is 1. The van der Waals surface area contributed by atoms with E-state index in [1.54, 1.807) is 18.5 Å². The lowest BCUT2D eigenvalue weighted by atomic mass is 10.0. The number of amides is 1. The third-order valence-electron chi connectivity index (χ3n) is 8.48. The lowest BCUT2D eigenvalue weighted by Crippen LogP contribution is -2.52. The van der Waals surface area contributed by atoms with Crippen LogP contribution in [0.2, 0.25) is 0 Å². The van der Waals surface area contributed by atoms with Crippen LogP contribution in [0.15, 0.2) is 42.7 Å². The Hall–Kier alpha value is -3.87. The van der Waals surface area contributed by atoms with E-state index in [4.69, 9.17) is 15.5 Å². The summed E-state index contributed by atoms with van der Waals surface area (Å²) in [5.41, 5.74) is 8.18. The van der Waals surface area contributed by atoms with Gasteiger partial charge in [-0.25, -0.2) is 19.9 Å². The molecule has 4 N–H and O–H groups in total. The van der Waals surface area contributed by atoms with E-state index < -0.39 is 5.91 Å². The number of ether oxygens (including phenoxy) is 1. The van der Waals surface area contributed by atoms with E-state index in [0.29, 0.717) is 36.6 Å². The Kier molecular flexibility index (Phi) is 8.73. The molecule has 5 heterocycles. The topological polar surface area (TPSA) is 138 Å². The van der Waals surface area contributed by atoms with E-state index >= 15 is 0 Å². The van der Waals surface area contributed by atoms with Crippen molar-refractivity contribution in [1.82, 2.24) is 29.7 Å². The van der Waals surface area contributed by atoms with Crippen LogP contribution in [-0.4, -0.2) is 107 Å². The zero-order valence-corrected chi connectivity index (χ0v) is 24.2. The molecule has 3 aromatic rings. The summed E-state index contributed by atoms with van der Waals surface area (Å²) < 4.78 is 5.51. The van der Waals surface area contributed by atoms with Crippen LogP contribution < -0.4 is 21.3 Å². The van der Waals surface area contributed by atoms with Gasteiger partial charge < -0.3 is 30.9 Å². The summed E-state index contributed by atoms with van der Waals surface area (Å²) in [6.45, 7) is 8.10.